The van der Waals surface area contributed by atoms with Gasteiger partial charge in [-0.2, -0.15) is 0 Å². The lowest BCUT2D eigenvalue weighted by molar-refractivity contribution is -0.383. The predicted octanol–water partition coefficient (Wildman–Crippen LogP) is -13.4. The second kappa shape index (κ2) is 28.3. The van der Waals surface area contributed by atoms with E-state index >= 15 is 0 Å². The van der Waals surface area contributed by atoms with Crippen LogP contribution < -0.4 is 16.0 Å². The third-order valence-corrected chi connectivity index (χ3v) is 14.5. The summed E-state index contributed by atoms with van der Waals surface area (Å²) in [5, 5.41) is 201. The molecule has 0 aromatic rings. The molecule has 0 aromatic heterocycles. The molecule has 6 aliphatic rings. The van der Waals surface area contributed by atoms with Crippen LogP contribution in [0, 0.1) is 0 Å². The zero-order chi connectivity index (χ0) is 60.3. The molecule has 6 saturated heterocycles. The van der Waals surface area contributed by atoms with Crippen molar-refractivity contribution < 1.29 is 163 Å². The molecule has 6 aliphatic heterocycles. The maximum absolute atomic E-state index is 13.1. The molecule has 6 fully saturated rings. The van der Waals surface area contributed by atoms with Crippen LogP contribution in [0.1, 0.15) is 34.1 Å². The van der Waals surface area contributed by atoms with Crippen LogP contribution in [0.5, 0.6) is 0 Å². The monoisotopic (exact) mass is 1190 g/mol. The van der Waals surface area contributed by atoms with Gasteiger partial charge >= 0.3 is 5.97 Å². The fraction of sp³-hybridized carbons (Fsp3) is 0.911. The molecular weight excluding hydrogens is 1110 g/mol. The lowest BCUT2D eigenvalue weighted by Crippen LogP contribution is -2.71. The Labute approximate surface area is 459 Å². The number of aliphatic hydroxyl groups is 17. The molecule has 0 aliphatic carbocycles. The van der Waals surface area contributed by atoms with Crippen molar-refractivity contribution in [2.75, 3.05) is 33.0 Å². The van der Waals surface area contributed by atoms with Crippen molar-refractivity contribution >= 4 is 23.7 Å². The van der Waals surface area contributed by atoms with Crippen LogP contribution in [0.15, 0.2) is 0 Å². The molecule has 31 atom stereocenters. The first-order valence-corrected chi connectivity index (χ1v) is 25.6. The summed E-state index contributed by atoms with van der Waals surface area (Å²) in [6.45, 7) is -0.963. The van der Waals surface area contributed by atoms with Gasteiger partial charge in [-0.3, -0.25) is 14.4 Å². The molecule has 6 rings (SSSR count). The summed E-state index contributed by atoms with van der Waals surface area (Å²) >= 11 is 0. The summed E-state index contributed by atoms with van der Waals surface area (Å²) in [6, 6.07) is -5.25. The molecule has 36 heteroatoms. The summed E-state index contributed by atoms with van der Waals surface area (Å²) in [5.74, 6) is -7.88. The summed E-state index contributed by atoms with van der Waals surface area (Å²) in [4.78, 5) is 50.6. The molecule has 0 saturated carbocycles. The first-order chi connectivity index (χ1) is 38.0. The van der Waals surface area contributed by atoms with Crippen molar-refractivity contribution in [3.63, 3.8) is 0 Å². The molecule has 3 amide bonds. The van der Waals surface area contributed by atoms with Gasteiger partial charge in [0, 0.05) is 27.2 Å². The Hall–Kier alpha value is -3.24. The number of carbonyl (C=O) groups excluding carboxylic acids is 3. The topological polar surface area (TPSA) is 570 Å². The maximum atomic E-state index is 13.1. The number of rotatable bonds is 21. The van der Waals surface area contributed by atoms with Crippen molar-refractivity contribution in [3.05, 3.63) is 0 Å². The second-order valence-corrected chi connectivity index (χ2v) is 20.4. The molecule has 0 unspecified atom stereocenters. The smallest absolute Gasteiger partial charge is 0.364 e. The highest BCUT2D eigenvalue weighted by Gasteiger charge is 2.61. The highest BCUT2D eigenvalue weighted by molar-refractivity contribution is 5.77. The van der Waals surface area contributed by atoms with Gasteiger partial charge in [-0.15, -0.1) is 0 Å². The third kappa shape index (κ3) is 14.7. The lowest BCUT2D eigenvalue weighted by atomic mass is 9.88. The van der Waals surface area contributed by atoms with Crippen LogP contribution in [-0.4, -0.2) is 338 Å². The quantitative estimate of drug-likeness (QED) is 0.0507. The normalized spacial score (nSPS) is 46.7. The van der Waals surface area contributed by atoms with Crippen LogP contribution in [0.4, 0.5) is 0 Å². The molecule has 36 nitrogen and oxygen atoms in total. The van der Waals surface area contributed by atoms with Crippen molar-refractivity contribution in [1.82, 2.24) is 16.0 Å². The van der Waals surface area contributed by atoms with Crippen LogP contribution in [0.2, 0.25) is 0 Å². The van der Waals surface area contributed by atoms with Crippen LogP contribution >= 0.6 is 0 Å². The van der Waals surface area contributed by atoms with E-state index in [9.17, 15) is 111 Å². The Kier molecular flexibility index (Phi) is 23.4. The first-order valence-electron chi connectivity index (χ1n) is 25.6. The van der Waals surface area contributed by atoms with Gasteiger partial charge in [-0.25, -0.2) is 4.79 Å². The van der Waals surface area contributed by atoms with Gasteiger partial charge in [0.1, 0.15) is 134 Å². The Balaban J connectivity index is 1.30. The number of aliphatic hydroxyl groups excluding tert-OH is 17. The molecule has 0 spiro atoms. The number of hydrogen-bond acceptors (Lipinski definition) is 32. The summed E-state index contributed by atoms with van der Waals surface area (Å²) in [6.07, 6.45) is -54.6. The van der Waals surface area contributed by atoms with Gasteiger partial charge in [-0.05, 0) is 6.92 Å². The van der Waals surface area contributed by atoms with Crippen LogP contribution in [0.25, 0.3) is 0 Å². The minimum absolute atomic E-state index is 0.831. The van der Waals surface area contributed by atoms with Crippen molar-refractivity contribution in [1.29, 1.82) is 0 Å². The molecule has 81 heavy (non-hydrogen) atoms. The Morgan fingerprint density at radius 2 is 1.01 bits per heavy atom. The van der Waals surface area contributed by atoms with E-state index in [0.29, 0.717) is 0 Å². The van der Waals surface area contributed by atoms with Gasteiger partial charge in [0.2, 0.25) is 17.7 Å². The molecule has 0 aromatic carbocycles. The SMILES string of the molecule is CC(=O)N[C@@H]1[C@@H](O[C@@H]2O[C@H](CO)[C@H](O)[C@H](O[C@]3(C(=O)O)C[C@H](O)[C@@H](NC(C)=O)[C@H]([C@H](O)[C@H](O)CO)O3)[C@H]2O)[C@@H](O)[C@@H](CO[C@@H]2O[C@H](CO)[C@@H](O[C@@H]3O[C@H](CO)[C@H](O)[C@H](O)[C@H]3O)[C@H](O[C@@H]3O[C@@H](C)[C@@H](O)[C@@H](O)[C@@H]3O)[C@H]2NC(C)=O)O[C@@H]1O. The summed E-state index contributed by atoms with van der Waals surface area (Å²) in [5.41, 5.74) is 0. The Morgan fingerprint density at radius 1 is 0.531 bits per heavy atom. The minimum atomic E-state index is -3.22. The van der Waals surface area contributed by atoms with E-state index in [-0.39, 0.29) is 0 Å². The van der Waals surface area contributed by atoms with Crippen molar-refractivity contribution in [3.8, 4) is 0 Å². The number of ether oxygens (including phenoxy) is 11. The van der Waals surface area contributed by atoms with Gasteiger partial charge in [0.15, 0.2) is 31.5 Å². The number of carbonyl (C=O) groups is 4. The Bertz CT molecular complexity index is 2070. The number of carboxylic acids is 1. The highest BCUT2D eigenvalue weighted by Crippen LogP contribution is 2.40. The fourth-order valence-electron chi connectivity index (χ4n) is 10.3. The number of carboxylic acid groups (broad SMARTS) is 1. The maximum Gasteiger partial charge on any atom is 0.364 e. The van der Waals surface area contributed by atoms with Crippen LogP contribution in [-0.2, 0) is 71.3 Å². The zero-order valence-corrected chi connectivity index (χ0v) is 43.7. The fourth-order valence-corrected chi connectivity index (χ4v) is 10.3. The van der Waals surface area contributed by atoms with Gasteiger partial charge in [0.05, 0.1) is 51.3 Å². The minimum Gasteiger partial charge on any atom is -0.477 e. The van der Waals surface area contributed by atoms with E-state index in [1.165, 1.54) is 6.92 Å². The largest absolute Gasteiger partial charge is 0.477 e. The molecule has 6 heterocycles. The van der Waals surface area contributed by atoms with Gasteiger partial charge in [-0.1, -0.05) is 0 Å². The molecular formula is C45H75N3O33. The molecule has 0 bridgehead atoms. The number of nitrogens with one attached hydrogen (secondary N) is 3. The van der Waals surface area contributed by atoms with E-state index in [0.717, 1.165) is 20.8 Å². The molecule has 468 valence electrons. The number of hydrogen-bond donors (Lipinski definition) is 21. The van der Waals surface area contributed by atoms with Crippen molar-refractivity contribution in [2.45, 2.75) is 224 Å². The standard InChI is InChI=1S/C45H75N3O33/c1-11-24(58)29(63)31(65)41(72-11)79-37-23(48-14(4)55)40(76-19(9-52)34(37)77-42-32(66)30(64)26(60)17(7-50)74-42)71-10-20-28(62)35(22(39(68)73-20)47-13(3)54)78-43-33(67)38(27(61)18(8-51)75-43)81-45(44(69)70)5-15(56)21(46-12(2)53)36(80-45)25(59)16(57)6-49/h11,15-43,49-52,56-68H,5-10H2,1-4H3,(H,46,53)(H,47,54)(H,48,55)(H,69,70)/t11-,15-,16+,17+,18+,19+,20+,21+,22+,23+,24+,25+,26-,27-,28-,29+,30-,31-,32+,33+,34+,35+,36+,37+,38-,39-,40+,41-,42-,43-,45-/m0/s1. The van der Waals surface area contributed by atoms with Gasteiger partial charge in [0.25, 0.3) is 5.79 Å². The predicted molar refractivity (Wildman–Crippen MR) is 250 cm³/mol. The average molecular weight is 1190 g/mol. The molecule has 0 radical (unpaired) electrons. The third-order valence-electron chi connectivity index (χ3n) is 14.5. The molecule has 21 N–H and O–H groups in total. The van der Waals surface area contributed by atoms with E-state index in [4.69, 9.17) is 52.1 Å². The van der Waals surface area contributed by atoms with Crippen LogP contribution in [0.3, 0.4) is 0 Å². The summed E-state index contributed by atoms with van der Waals surface area (Å²) in [7, 11) is 0. The zero-order valence-electron chi connectivity index (χ0n) is 43.7. The van der Waals surface area contributed by atoms with Gasteiger partial charge < -0.3 is 160 Å². The van der Waals surface area contributed by atoms with E-state index in [1.54, 1.807) is 0 Å². The van der Waals surface area contributed by atoms with E-state index in [2.05, 4.69) is 16.0 Å². The second-order valence-electron chi connectivity index (χ2n) is 20.4. The Morgan fingerprint density at radius 3 is 1.57 bits per heavy atom. The number of aliphatic carboxylic acids is 1. The summed E-state index contributed by atoms with van der Waals surface area (Å²) < 4.78 is 63.9. The first kappa shape index (κ1) is 66.9. The van der Waals surface area contributed by atoms with E-state index < -0.39 is 253 Å². The van der Waals surface area contributed by atoms with Crippen molar-refractivity contribution in [2.24, 2.45) is 0 Å². The average Bonchev–Trinajstić information content (AvgIpc) is 3.59. The number of amides is 3. The lowest BCUT2D eigenvalue weighted by Gasteiger charge is -2.51. The van der Waals surface area contributed by atoms with E-state index in [1.807, 2.05) is 0 Å². The highest BCUT2D eigenvalue weighted by atomic mass is 16.8.